The average Bonchev–Trinajstić information content (AvgIpc) is 3.38. The van der Waals surface area contributed by atoms with E-state index in [0.29, 0.717) is 23.0 Å². The third-order valence-corrected chi connectivity index (χ3v) is 4.33. The lowest BCUT2D eigenvalue weighted by atomic mass is 10.2. The third-order valence-electron chi connectivity index (χ3n) is 4.33. The molecular formula is C21H19N7O3. The number of ether oxygens (including phenoxy) is 2. The molecule has 4 rings (SSSR count). The maximum atomic E-state index is 12.3. The van der Waals surface area contributed by atoms with Gasteiger partial charge in [-0.3, -0.25) is 4.98 Å². The first-order chi connectivity index (χ1) is 15.0. The molecule has 0 saturated heterocycles. The summed E-state index contributed by atoms with van der Waals surface area (Å²) in [5.41, 5.74) is 2.87. The van der Waals surface area contributed by atoms with Gasteiger partial charge in [-0.25, -0.2) is 9.48 Å². The van der Waals surface area contributed by atoms with Crippen LogP contribution in [0.5, 0.6) is 11.5 Å². The van der Waals surface area contributed by atoms with Gasteiger partial charge < -0.3 is 9.47 Å². The van der Waals surface area contributed by atoms with Crippen LogP contribution in [0.1, 0.15) is 27.3 Å². The van der Waals surface area contributed by atoms with Crippen molar-refractivity contribution < 1.29 is 14.3 Å². The van der Waals surface area contributed by atoms with Crippen LogP contribution < -0.4 is 9.47 Å². The molecule has 3 aromatic heterocycles. The van der Waals surface area contributed by atoms with E-state index in [0.717, 1.165) is 17.0 Å². The van der Waals surface area contributed by atoms with Gasteiger partial charge in [-0.2, -0.15) is 14.9 Å². The number of methoxy groups -OCH3 is 1. The van der Waals surface area contributed by atoms with Crippen LogP contribution in [0, 0.1) is 13.8 Å². The van der Waals surface area contributed by atoms with Crippen molar-refractivity contribution in [2.45, 2.75) is 13.8 Å². The molecule has 3 heterocycles. The Labute approximate surface area is 177 Å². The third kappa shape index (κ3) is 4.32. The molecule has 1 aromatic carbocycles. The van der Waals surface area contributed by atoms with Crippen molar-refractivity contribution in [1.82, 2.24) is 29.6 Å². The molecule has 0 radical (unpaired) electrons. The molecular weight excluding hydrogens is 398 g/mol. The Morgan fingerprint density at radius 1 is 1.16 bits per heavy atom. The smallest absolute Gasteiger partial charge is 0.345 e. The highest BCUT2D eigenvalue weighted by molar-refractivity contribution is 5.91. The van der Waals surface area contributed by atoms with Crippen LogP contribution in [0.2, 0.25) is 0 Å². The second-order valence-corrected chi connectivity index (χ2v) is 6.60. The van der Waals surface area contributed by atoms with Gasteiger partial charge in [0.05, 0.1) is 24.6 Å². The van der Waals surface area contributed by atoms with Crippen LogP contribution in [0.3, 0.4) is 0 Å². The predicted molar refractivity (Wildman–Crippen MR) is 112 cm³/mol. The topological polar surface area (TPSA) is 109 Å². The first-order valence-electron chi connectivity index (χ1n) is 9.33. The number of nitrogens with zero attached hydrogens (tertiary/aromatic N) is 7. The van der Waals surface area contributed by atoms with Crippen LogP contribution in [0.25, 0.3) is 5.95 Å². The number of benzene rings is 1. The maximum absolute atomic E-state index is 12.3. The molecule has 0 atom stereocenters. The number of aryl methyl sites for hydroxylation is 2. The SMILES string of the molecule is COc1cc(/C=N\n2cnnc2-n2nc(C)cc2C)ccc1OC(=O)c1cccnc1. The molecule has 0 unspecified atom stereocenters. The molecule has 4 aromatic rings. The molecule has 156 valence electrons. The Morgan fingerprint density at radius 2 is 2.03 bits per heavy atom. The minimum atomic E-state index is -0.521. The zero-order valence-corrected chi connectivity index (χ0v) is 17.1. The fourth-order valence-corrected chi connectivity index (χ4v) is 2.90. The zero-order valence-electron chi connectivity index (χ0n) is 17.1. The summed E-state index contributed by atoms with van der Waals surface area (Å²) >= 11 is 0. The van der Waals surface area contributed by atoms with Gasteiger partial charge in [0.15, 0.2) is 11.5 Å². The maximum Gasteiger partial charge on any atom is 0.345 e. The van der Waals surface area contributed by atoms with Gasteiger partial charge in [0, 0.05) is 18.1 Å². The van der Waals surface area contributed by atoms with Crippen molar-refractivity contribution in [1.29, 1.82) is 0 Å². The molecule has 0 N–H and O–H groups in total. The Kier molecular flexibility index (Phi) is 5.52. The van der Waals surface area contributed by atoms with E-state index in [1.54, 1.807) is 47.4 Å². The van der Waals surface area contributed by atoms with E-state index >= 15 is 0 Å². The first-order valence-corrected chi connectivity index (χ1v) is 9.33. The Balaban J connectivity index is 1.55. The molecule has 31 heavy (non-hydrogen) atoms. The van der Waals surface area contributed by atoms with Gasteiger partial charge in [0.1, 0.15) is 6.33 Å². The molecule has 0 amide bonds. The van der Waals surface area contributed by atoms with Gasteiger partial charge in [-0.05, 0) is 55.8 Å². The molecule has 0 fully saturated rings. The molecule has 10 nitrogen and oxygen atoms in total. The standard InChI is InChI=1S/C21H19N7O3/c1-14-9-15(2)28(26-14)21-25-23-13-27(21)24-11-16-6-7-18(19(10-16)30-3)31-20(29)17-5-4-8-22-12-17/h4-13H,1-3H3/b24-11-. The van der Waals surface area contributed by atoms with Gasteiger partial charge >= 0.3 is 5.97 Å². The number of rotatable bonds is 6. The van der Waals surface area contributed by atoms with Gasteiger partial charge in [-0.15, -0.1) is 10.2 Å². The lowest BCUT2D eigenvalue weighted by molar-refractivity contribution is 0.0729. The Hall–Kier alpha value is -4.34. The molecule has 10 heteroatoms. The number of hydrogen-bond acceptors (Lipinski definition) is 8. The summed E-state index contributed by atoms with van der Waals surface area (Å²) in [7, 11) is 1.50. The summed E-state index contributed by atoms with van der Waals surface area (Å²) in [6.45, 7) is 3.83. The molecule has 0 spiro atoms. The first kappa shape index (κ1) is 20.0. The number of hydrogen-bond donors (Lipinski definition) is 0. The van der Waals surface area contributed by atoms with Crippen LogP contribution in [0.15, 0.2) is 60.2 Å². The van der Waals surface area contributed by atoms with E-state index in [1.807, 2.05) is 19.9 Å². The second kappa shape index (κ2) is 8.57. The summed E-state index contributed by atoms with van der Waals surface area (Å²) in [6, 6.07) is 10.3. The van der Waals surface area contributed by atoms with Crippen molar-refractivity contribution in [3.8, 4) is 17.4 Å². The number of pyridine rings is 1. The lowest BCUT2D eigenvalue weighted by Crippen LogP contribution is -2.09. The van der Waals surface area contributed by atoms with E-state index in [9.17, 15) is 4.79 Å². The number of esters is 1. The summed E-state index contributed by atoms with van der Waals surface area (Å²) < 4.78 is 14.0. The zero-order chi connectivity index (χ0) is 21.8. The normalized spacial score (nSPS) is 11.1. The van der Waals surface area contributed by atoms with Gasteiger partial charge in [0.2, 0.25) is 0 Å². The largest absolute Gasteiger partial charge is 0.493 e. The number of aromatic nitrogens is 6. The van der Waals surface area contributed by atoms with Crippen molar-refractivity contribution in [3.05, 3.63) is 77.6 Å². The van der Waals surface area contributed by atoms with Crippen molar-refractivity contribution in [2.24, 2.45) is 5.10 Å². The van der Waals surface area contributed by atoms with E-state index in [1.165, 1.54) is 24.3 Å². The van der Waals surface area contributed by atoms with Gasteiger partial charge in [0.25, 0.3) is 5.95 Å². The Bertz CT molecular complexity index is 1250. The molecule has 0 aliphatic heterocycles. The minimum absolute atomic E-state index is 0.293. The molecule has 0 aliphatic rings. The van der Waals surface area contributed by atoms with Crippen molar-refractivity contribution >= 4 is 12.2 Å². The number of carbonyl (C=O) groups excluding carboxylic acids is 1. The fourth-order valence-electron chi connectivity index (χ4n) is 2.90. The van der Waals surface area contributed by atoms with Crippen LogP contribution in [-0.4, -0.2) is 48.9 Å². The van der Waals surface area contributed by atoms with Crippen molar-refractivity contribution in [2.75, 3.05) is 7.11 Å². The lowest BCUT2D eigenvalue weighted by Gasteiger charge is -2.09. The monoisotopic (exact) mass is 417 g/mol. The predicted octanol–water partition coefficient (Wildman–Crippen LogP) is 2.59. The molecule has 0 saturated carbocycles. The van der Waals surface area contributed by atoms with Crippen LogP contribution in [-0.2, 0) is 0 Å². The highest BCUT2D eigenvalue weighted by Gasteiger charge is 2.13. The summed E-state index contributed by atoms with van der Waals surface area (Å²) in [6.07, 6.45) is 6.13. The van der Waals surface area contributed by atoms with Crippen LogP contribution >= 0.6 is 0 Å². The summed E-state index contributed by atoms with van der Waals surface area (Å²) in [5, 5.41) is 16.8. The number of carbonyl (C=O) groups is 1. The highest BCUT2D eigenvalue weighted by atomic mass is 16.6. The summed E-state index contributed by atoms with van der Waals surface area (Å²) in [5.74, 6) is 0.632. The highest BCUT2D eigenvalue weighted by Crippen LogP contribution is 2.28. The molecule has 0 bridgehead atoms. The van der Waals surface area contributed by atoms with E-state index in [-0.39, 0.29) is 0 Å². The Morgan fingerprint density at radius 3 is 2.74 bits per heavy atom. The van der Waals surface area contributed by atoms with Crippen LogP contribution in [0.4, 0.5) is 0 Å². The van der Waals surface area contributed by atoms with E-state index < -0.39 is 5.97 Å². The fraction of sp³-hybridized carbons (Fsp3) is 0.143. The van der Waals surface area contributed by atoms with E-state index in [2.05, 4.69) is 25.4 Å². The van der Waals surface area contributed by atoms with Crippen molar-refractivity contribution in [3.63, 3.8) is 0 Å². The molecule has 0 aliphatic carbocycles. The van der Waals surface area contributed by atoms with Gasteiger partial charge in [-0.1, -0.05) is 0 Å². The van der Waals surface area contributed by atoms with E-state index in [4.69, 9.17) is 9.47 Å². The summed E-state index contributed by atoms with van der Waals surface area (Å²) in [4.78, 5) is 16.2. The quantitative estimate of drug-likeness (QED) is 0.269. The average molecular weight is 417 g/mol. The minimum Gasteiger partial charge on any atom is -0.493 e. The second-order valence-electron chi connectivity index (χ2n) is 6.60.